The molecule has 2 rings (SSSR count). The van der Waals surface area contributed by atoms with E-state index < -0.39 is 0 Å². The number of carbonyl (C=O) groups is 2. The van der Waals surface area contributed by atoms with Crippen molar-refractivity contribution >= 4 is 29.3 Å². The number of esters is 1. The van der Waals surface area contributed by atoms with Gasteiger partial charge in [0.05, 0.1) is 5.75 Å². The Hall–Kier alpha value is -2.27. The summed E-state index contributed by atoms with van der Waals surface area (Å²) in [5.74, 6) is 0.251. The second-order valence-electron chi connectivity index (χ2n) is 5.56. The van der Waals surface area contributed by atoms with E-state index in [1.54, 1.807) is 0 Å². The topological polar surface area (TPSA) is 55.4 Å². The number of anilines is 1. The van der Waals surface area contributed by atoms with E-state index in [1.807, 2.05) is 56.3 Å². The molecule has 0 spiro atoms. The summed E-state index contributed by atoms with van der Waals surface area (Å²) in [6.07, 6.45) is 0. The maximum absolute atomic E-state index is 11.7. The molecule has 4 nitrogen and oxygen atoms in total. The highest BCUT2D eigenvalue weighted by Gasteiger charge is 2.08. The van der Waals surface area contributed by atoms with Crippen LogP contribution >= 0.6 is 11.8 Å². The van der Waals surface area contributed by atoms with Gasteiger partial charge in [-0.2, -0.15) is 0 Å². The molecule has 24 heavy (non-hydrogen) atoms. The number of hydrogen-bond acceptors (Lipinski definition) is 4. The smallest absolute Gasteiger partial charge is 0.316 e. The molecule has 0 aliphatic carbocycles. The maximum atomic E-state index is 11.7. The highest BCUT2D eigenvalue weighted by Crippen LogP contribution is 2.13. The largest absolute Gasteiger partial charge is 0.455 e. The van der Waals surface area contributed by atoms with Crippen LogP contribution in [0.25, 0.3) is 0 Å². The fraction of sp³-hybridized carbons (Fsp3) is 0.263. The molecule has 5 heteroatoms. The lowest BCUT2D eigenvalue weighted by Gasteiger charge is -2.07. The average Bonchev–Trinajstić information content (AvgIpc) is 2.55. The Balaban J connectivity index is 1.65. The third-order valence-electron chi connectivity index (χ3n) is 3.27. The van der Waals surface area contributed by atoms with Crippen LogP contribution in [-0.2, 0) is 20.1 Å². The third kappa shape index (κ3) is 6.46. The number of aryl methyl sites for hydroxylation is 2. The monoisotopic (exact) mass is 343 g/mol. The molecule has 1 N–H and O–H groups in total. The van der Waals surface area contributed by atoms with Crippen LogP contribution < -0.4 is 5.32 Å². The van der Waals surface area contributed by atoms with Gasteiger partial charge in [0.15, 0.2) is 6.61 Å². The second-order valence-corrected chi connectivity index (χ2v) is 6.54. The fourth-order valence-electron chi connectivity index (χ4n) is 2.08. The van der Waals surface area contributed by atoms with E-state index in [9.17, 15) is 9.59 Å². The zero-order chi connectivity index (χ0) is 17.4. The van der Waals surface area contributed by atoms with Crippen molar-refractivity contribution in [2.75, 3.05) is 17.7 Å². The lowest BCUT2D eigenvalue weighted by molar-refractivity contribution is -0.144. The van der Waals surface area contributed by atoms with Crippen molar-refractivity contribution in [3.8, 4) is 0 Å². The molecular weight excluding hydrogens is 322 g/mol. The van der Waals surface area contributed by atoms with Crippen LogP contribution in [0.5, 0.6) is 0 Å². The summed E-state index contributed by atoms with van der Waals surface area (Å²) < 4.78 is 4.99. The van der Waals surface area contributed by atoms with E-state index in [2.05, 4.69) is 11.4 Å². The number of carbonyl (C=O) groups excluding carboxylic acids is 2. The van der Waals surface area contributed by atoms with Crippen molar-refractivity contribution in [3.63, 3.8) is 0 Å². The van der Waals surface area contributed by atoms with Gasteiger partial charge in [0.1, 0.15) is 0 Å². The van der Waals surface area contributed by atoms with E-state index in [0.29, 0.717) is 5.69 Å². The van der Waals surface area contributed by atoms with E-state index in [4.69, 9.17) is 4.74 Å². The van der Waals surface area contributed by atoms with Crippen LogP contribution in [0.1, 0.15) is 16.7 Å². The highest BCUT2D eigenvalue weighted by atomic mass is 32.2. The van der Waals surface area contributed by atoms with Gasteiger partial charge in [0.2, 0.25) is 0 Å². The summed E-state index contributed by atoms with van der Waals surface area (Å²) in [7, 11) is 0. The van der Waals surface area contributed by atoms with Crippen molar-refractivity contribution in [1.29, 1.82) is 0 Å². The molecule has 0 fully saturated rings. The minimum atomic E-state index is -0.383. The molecule has 0 aliphatic heterocycles. The molecule has 2 aromatic carbocycles. The molecule has 0 saturated carbocycles. The van der Waals surface area contributed by atoms with Crippen molar-refractivity contribution in [2.45, 2.75) is 19.6 Å². The average molecular weight is 343 g/mol. The van der Waals surface area contributed by atoms with Crippen LogP contribution in [0.2, 0.25) is 0 Å². The van der Waals surface area contributed by atoms with Crippen LogP contribution in [0.15, 0.2) is 48.5 Å². The fourth-order valence-corrected chi connectivity index (χ4v) is 2.84. The molecule has 126 valence electrons. The standard InChI is InChI=1S/C19H21NO3S/c1-14-6-8-17(9-7-14)20-18(21)11-23-19(22)13-24-12-16-5-3-4-15(2)10-16/h3-10H,11-13H2,1-2H3,(H,20,21). The first kappa shape index (κ1) is 18.1. The minimum Gasteiger partial charge on any atom is -0.455 e. The number of nitrogens with one attached hydrogen (secondary N) is 1. The first-order valence-corrected chi connectivity index (χ1v) is 8.84. The normalized spacial score (nSPS) is 10.2. The van der Waals surface area contributed by atoms with Gasteiger partial charge in [-0.05, 0) is 31.5 Å². The summed E-state index contributed by atoms with van der Waals surface area (Å²) in [4.78, 5) is 23.4. The number of amides is 1. The van der Waals surface area contributed by atoms with E-state index in [0.717, 1.165) is 11.3 Å². The second kappa shape index (κ2) is 9.13. The molecule has 0 atom stereocenters. The molecule has 0 unspecified atom stereocenters. The molecule has 0 aliphatic rings. The van der Waals surface area contributed by atoms with Gasteiger partial charge >= 0.3 is 5.97 Å². The lowest BCUT2D eigenvalue weighted by atomic mass is 10.2. The van der Waals surface area contributed by atoms with Crippen LogP contribution in [0, 0.1) is 13.8 Å². The van der Waals surface area contributed by atoms with Crippen molar-refractivity contribution in [3.05, 3.63) is 65.2 Å². The van der Waals surface area contributed by atoms with Gasteiger partial charge in [0.25, 0.3) is 5.91 Å². The van der Waals surface area contributed by atoms with Crippen molar-refractivity contribution in [2.24, 2.45) is 0 Å². The Morgan fingerprint density at radius 3 is 2.50 bits per heavy atom. The van der Waals surface area contributed by atoms with Crippen LogP contribution in [0.4, 0.5) is 5.69 Å². The van der Waals surface area contributed by atoms with Gasteiger partial charge in [-0.15, -0.1) is 11.8 Å². The Kier molecular flexibility index (Phi) is 6.88. The van der Waals surface area contributed by atoms with E-state index >= 15 is 0 Å². The number of rotatable bonds is 7. The Morgan fingerprint density at radius 2 is 1.79 bits per heavy atom. The van der Waals surface area contributed by atoms with Gasteiger partial charge in [-0.3, -0.25) is 9.59 Å². The van der Waals surface area contributed by atoms with Crippen molar-refractivity contribution < 1.29 is 14.3 Å². The molecule has 0 saturated heterocycles. The predicted octanol–water partition coefficient (Wildman–Crippen LogP) is 3.72. The van der Waals surface area contributed by atoms with E-state index in [1.165, 1.54) is 22.9 Å². The van der Waals surface area contributed by atoms with Crippen LogP contribution in [-0.4, -0.2) is 24.2 Å². The zero-order valence-electron chi connectivity index (χ0n) is 13.9. The number of benzene rings is 2. The summed E-state index contributed by atoms with van der Waals surface area (Å²) in [6.45, 7) is 3.74. The highest BCUT2D eigenvalue weighted by molar-refractivity contribution is 7.99. The third-order valence-corrected chi connectivity index (χ3v) is 4.25. The summed E-state index contributed by atoms with van der Waals surface area (Å²) in [5.41, 5.74) is 4.17. The Morgan fingerprint density at radius 1 is 1.04 bits per heavy atom. The Bertz CT molecular complexity index is 698. The van der Waals surface area contributed by atoms with Gasteiger partial charge in [0, 0.05) is 11.4 Å². The van der Waals surface area contributed by atoms with Gasteiger partial charge in [-0.1, -0.05) is 47.5 Å². The molecule has 0 heterocycles. The first-order chi connectivity index (χ1) is 11.5. The van der Waals surface area contributed by atoms with E-state index in [-0.39, 0.29) is 24.2 Å². The molecule has 0 aromatic heterocycles. The SMILES string of the molecule is Cc1ccc(NC(=O)COC(=O)CSCc2cccc(C)c2)cc1. The molecular formula is C19H21NO3S. The molecule has 0 radical (unpaired) electrons. The zero-order valence-corrected chi connectivity index (χ0v) is 14.7. The van der Waals surface area contributed by atoms with Crippen LogP contribution in [0.3, 0.4) is 0 Å². The van der Waals surface area contributed by atoms with Gasteiger partial charge in [-0.25, -0.2) is 0 Å². The quantitative estimate of drug-likeness (QED) is 0.779. The molecule has 0 bridgehead atoms. The lowest BCUT2D eigenvalue weighted by Crippen LogP contribution is -2.21. The Labute approximate surface area is 146 Å². The molecule has 1 amide bonds. The number of thioether (sulfide) groups is 1. The molecule has 2 aromatic rings. The first-order valence-electron chi connectivity index (χ1n) is 7.68. The summed E-state index contributed by atoms with van der Waals surface area (Å²) in [5, 5.41) is 2.69. The number of hydrogen-bond donors (Lipinski definition) is 1. The van der Waals surface area contributed by atoms with Crippen molar-refractivity contribution in [1.82, 2.24) is 0 Å². The summed E-state index contributed by atoms with van der Waals surface area (Å²) >= 11 is 1.47. The summed E-state index contributed by atoms with van der Waals surface area (Å²) in [6, 6.07) is 15.6. The van der Waals surface area contributed by atoms with Gasteiger partial charge < -0.3 is 10.1 Å². The maximum Gasteiger partial charge on any atom is 0.316 e. The predicted molar refractivity (Wildman–Crippen MR) is 98.1 cm³/mol. The number of ether oxygens (including phenoxy) is 1. The minimum absolute atomic E-state index is 0.228.